The number of carbonyl (C=O) groups is 3. The van der Waals surface area contributed by atoms with Crippen molar-refractivity contribution in [3.8, 4) is 0 Å². The van der Waals surface area contributed by atoms with Gasteiger partial charge in [0.05, 0.1) is 13.2 Å². The van der Waals surface area contributed by atoms with Gasteiger partial charge in [-0.2, -0.15) is 0 Å². The normalized spacial score (nSPS) is 11.4. The quantitative estimate of drug-likeness (QED) is 0.531. The molecule has 0 spiro atoms. The first-order valence-corrected chi connectivity index (χ1v) is 5.10. The summed E-state index contributed by atoms with van der Waals surface area (Å²) in [5.74, 6) is -1.95. The molecule has 0 aliphatic heterocycles. The zero-order chi connectivity index (χ0) is 12.6. The molecule has 6 heteroatoms. The summed E-state index contributed by atoms with van der Waals surface area (Å²) in [4.78, 5) is 33.4. The van der Waals surface area contributed by atoms with Crippen LogP contribution in [0.3, 0.4) is 0 Å². The van der Waals surface area contributed by atoms with Crippen LogP contribution in [0.5, 0.6) is 0 Å². The van der Waals surface area contributed by atoms with E-state index in [-0.39, 0.29) is 25.5 Å². The molecule has 6 nitrogen and oxygen atoms in total. The third kappa shape index (κ3) is 5.33. The van der Waals surface area contributed by atoms with Crippen LogP contribution in [0.4, 0.5) is 4.79 Å². The van der Waals surface area contributed by atoms with Crippen molar-refractivity contribution in [3.05, 3.63) is 0 Å². The lowest BCUT2D eigenvalue weighted by atomic mass is 10.1. The molecule has 0 rings (SSSR count). The third-order valence-corrected chi connectivity index (χ3v) is 1.79. The maximum Gasteiger partial charge on any atom is 0.407 e. The number of esters is 1. The van der Waals surface area contributed by atoms with Crippen molar-refractivity contribution < 1.29 is 23.9 Å². The van der Waals surface area contributed by atoms with Crippen LogP contribution >= 0.6 is 0 Å². The van der Waals surface area contributed by atoms with Crippen molar-refractivity contribution in [1.29, 1.82) is 0 Å². The Bertz CT molecular complexity index is 264. The molecule has 1 unspecified atom stereocenters. The van der Waals surface area contributed by atoms with Crippen molar-refractivity contribution in [2.24, 2.45) is 5.92 Å². The molecule has 1 atom stereocenters. The summed E-state index contributed by atoms with van der Waals surface area (Å²) in [7, 11) is 0. The average Bonchev–Trinajstić information content (AvgIpc) is 2.18. The van der Waals surface area contributed by atoms with Crippen LogP contribution in [0, 0.1) is 5.92 Å². The summed E-state index contributed by atoms with van der Waals surface area (Å²) in [6.07, 6.45) is -0.655. The minimum atomic E-state index is -0.968. The Morgan fingerprint density at radius 3 is 2.12 bits per heavy atom. The van der Waals surface area contributed by atoms with Gasteiger partial charge in [0.2, 0.25) is 0 Å². The first-order valence-electron chi connectivity index (χ1n) is 5.10. The zero-order valence-electron chi connectivity index (χ0n) is 9.74. The van der Waals surface area contributed by atoms with E-state index in [0.29, 0.717) is 0 Å². The van der Waals surface area contributed by atoms with Gasteiger partial charge >= 0.3 is 12.1 Å². The van der Waals surface area contributed by atoms with E-state index in [1.807, 2.05) is 0 Å². The van der Waals surface area contributed by atoms with Gasteiger partial charge < -0.3 is 14.8 Å². The highest BCUT2D eigenvalue weighted by molar-refractivity contribution is 5.98. The van der Waals surface area contributed by atoms with E-state index < -0.39 is 18.0 Å². The maximum atomic E-state index is 11.3. The Balaban J connectivity index is 4.19. The molecule has 0 bridgehead atoms. The SMILES string of the molecule is CCOC(=O)NCC(C(C)=O)C(=O)OCC. The largest absolute Gasteiger partial charge is 0.465 e. The van der Waals surface area contributed by atoms with E-state index in [1.165, 1.54) is 6.92 Å². The van der Waals surface area contributed by atoms with Crippen LogP contribution in [0.15, 0.2) is 0 Å². The van der Waals surface area contributed by atoms with Gasteiger partial charge in [0.15, 0.2) is 0 Å². The highest BCUT2D eigenvalue weighted by Gasteiger charge is 2.25. The topological polar surface area (TPSA) is 81.7 Å². The molecule has 16 heavy (non-hydrogen) atoms. The number of hydrogen-bond acceptors (Lipinski definition) is 5. The van der Waals surface area contributed by atoms with Crippen molar-refractivity contribution in [3.63, 3.8) is 0 Å². The molecular weight excluding hydrogens is 214 g/mol. The molecule has 0 aliphatic carbocycles. The summed E-state index contributed by atoms with van der Waals surface area (Å²) in [6, 6.07) is 0. The molecule has 0 radical (unpaired) electrons. The predicted octanol–water partition coefficient (Wildman–Crippen LogP) is 0.501. The van der Waals surface area contributed by atoms with E-state index in [1.54, 1.807) is 13.8 Å². The Kier molecular flexibility index (Phi) is 6.91. The minimum Gasteiger partial charge on any atom is -0.465 e. The molecule has 1 N–H and O–H groups in total. The van der Waals surface area contributed by atoms with Crippen LogP contribution in [0.25, 0.3) is 0 Å². The molecule has 0 heterocycles. The summed E-state index contributed by atoms with van der Waals surface area (Å²) >= 11 is 0. The summed E-state index contributed by atoms with van der Waals surface area (Å²) in [5.41, 5.74) is 0. The number of alkyl carbamates (subject to hydrolysis) is 1. The predicted molar refractivity (Wildman–Crippen MR) is 55.8 cm³/mol. The van der Waals surface area contributed by atoms with Crippen molar-refractivity contribution in [1.82, 2.24) is 5.32 Å². The number of rotatable bonds is 6. The highest BCUT2D eigenvalue weighted by atomic mass is 16.5. The molecule has 0 saturated carbocycles. The van der Waals surface area contributed by atoms with Gasteiger partial charge in [-0.25, -0.2) is 4.79 Å². The molecular formula is C10H17NO5. The second-order valence-corrected chi connectivity index (χ2v) is 3.02. The van der Waals surface area contributed by atoms with Gasteiger partial charge in [-0.1, -0.05) is 0 Å². The number of hydrogen-bond donors (Lipinski definition) is 1. The highest BCUT2D eigenvalue weighted by Crippen LogP contribution is 2.00. The van der Waals surface area contributed by atoms with E-state index in [4.69, 9.17) is 4.74 Å². The lowest BCUT2D eigenvalue weighted by molar-refractivity contribution is -0.150. The number of ketones is 1. The van der Waals surface area contributed by atoms with Crippen molar-refractivity contribution >= 4 is 17.8 Å². The van der Waals surface area contributed by atoms with Crippen LogP contribution in [-0.4, -0.2) is 37.6 Å². The monoisotopic (exact) mass is 231 g/mol. The maximum absolute atomic E-state index is 11.3. The molecule has 0 aromatic carbocycles. The molecule has 0 aliphatic rings. The first-order chi connectivity index (χ1) is 7.52. The van der Waals surface area contributed by atoms with Gasteiger partial charge in [0.25, 0.3) is 0 Å². The lowest BCUT2D eigenvalue weighted by Crippen LogP contribution is -2.37. The number of amides is 1. The van der Waals surface area contributed by atoms with Gasteiger partial charge in [-0.3, -0.25) is 9.59 Å². The zero-order valence-corrected chi connectivity index (χ0v) is 9.74. The fraction of sp³-hybridized carbons (Fsp3) is 0.700. The number of Topliss-reactive ketones (excluding diaryl/α,β-unsaturated/α-hetero) is 1. The van der Waals surface area contributed by atoms with E-state index in [0.717, 1.165) is 0 Å². The number of ether oxygens (including phenoxy) is 2. The average molecular weight is 231 g/mol. The molecule has 0 fully saturated rings. The molecule has 0 aromatic heterocycles. The van der Waals surface area contributed by atoms with E-state index in [9.17, 15) is 14.4 Å². The second kappa shape index (κ2) is 7.67. The molecule has 1 amide bonds. The summed E-state index contributed by atoms with van der Waals surface area (Å²) in [6.45, 7) is 4.90. The minimum absolute atomic E-state index is 0.104. The Morgan fingerprint density at radius 1 is 1.12 bits per heavy atom. The van der Waals surface area contributed by atoms with E-state index >= 15 is 0 Å². The fourth-order valence-corrected chi connectivity index (χ4v) is 1.00. The second-order valence-electron chi connectivity index (χ2n) is 3.02. The van der Waals surface area contributed by atoms with Gasteiger partial charge in [-0.15, -0.1) is 0 Å². The Labute approximate surface area is 94.3 Å². The van der Waals surface area contributed by atoms with Crippen molar-refractivity contribution in [2.75, 3.05) is 19.8 Å². The Hall–Kier alpha value is -1.59. The fourth-order valence-electron chi connectivity index (χ4n) is 1.00. The first kappa shape index (κ1) is 14.4. The standard InChI is InChI=1S/C10H17NO5/c1-4-15-9(13)8(7(3)12)6-11-10(14)16-5-2/h8H,4-6H2,1-3H3,(H,11,14). The van der Waals surface area contributed by atoms with Gasteiger partial charge in [0.1, 0.15) is 11.7 Å². The lowest BCUT2D eigenvalue weighted by Gasteiger charge is -2.13. The van der Waals surface area contributed by atoms with Crippen LogP contribution in [-0.2, 0) is 19.1 Å². The molecule has 0 aromatic rings. The van der Waals surface area contributed by atoms with Gasteiger partial charge in [0, 0.05) is 6.54 Å². The molecule has 0 saturated heterocycles. The van der Waals surface area contributed by atoms with Gasteiger partial charge in [-0.05, 0) is 20.8 Å². The smallest absolute Gasteiger partial charge is 0.407 e. The summed E-state index contributed by atoms with van der Waals surface area (Å²) < 4.78 is 9.30. The van der Waals surface area contributed by atoms with Crippen LogP contribution in [0.1, 0.15) is 20.8 Å². The molecule has 92 valence electrons. The third-order valence-electron chi connectivity index (χ3n) is 1.79. The number of carbonyl (C=O) groups excluding carboxylic acids is 3. The van der Waals surface area contributed by atoms with Crippen molar-refractivity contribution in [2.45, 2.75) is 20.8 Å². The Morgan fingerprint density at radius 2 is 1.69 bits per heavy atom. The van der Waals surface area contributed by atoms with Crippen LogP contribution < -0.4 is 5.32 Å². The number of nitrogens with one attached hydrogen (secondary N) is 1. The summed E-state index contributed by atoms with van der Waals surface area (Å²) in [5, 5.41) is 2.32. The van der Waals surface area contributed by atoms with Crippen LogP contribution in [0.2, 0.25) is 0 Å². The van der Waals surface area contributed by atoms with E-state index in [2.05, 4.69) is 10.1 Å².